The largest absolute Gasteiger partial charge is 0.351 e. The summed E-state index contributed by atoms with van der Waals surface area (Å²) in [6, 6.07) is 14.5. The van der Waals surface area contributed by atoms with Crippen LogP contribution in [0.4, 0.5) is 14.6 Å². The molecule has 13 heteroatoms. The third kappa shape index (κ3) is 4.07. The molecule has 5 rings (SSSR count). The molecule has 3 heterocycles. The zero-order chi connectivity index (χ0) is 24.6. The molecule has 0 spiro atoms. The second-order valence-electron chi connectivity index (χ2n) is 7.79. The SMILES string of the molecule is O=C(c1ccccc1S(=O)(=O)C(F)F)N1CCN(c2ncnc3c2nnn3-c2ccccc2)CC1. The maximum Gasteiger partial charge on any atom is 0.341 e. The third-order valence-corrected chi connectivity index (χ3v) is 7.18. The molecule has 4 aromatic rings. The zero-order valence-corrected chi connectivity index (χ0v) is 19.0. The minimum atomic E-state index is -4.92. The Morgan fingerprint density at radius 3 is 2.31 bits per heavy atom. The Kier molecular flexibility index (Phi) is 5.84. The van der Waals surface area contributed by atoms with Crippen LogP contribution in [0.3, 0.4) is 0 Å². The number of carbonyl (C=O) groups excluding carboxylic acids is 1. The van der Waals surface area contributed by atoms with Gasteiger partial charge in [-0.2, -0.15) is 13.5 Å². The lowest BCUT2D eigenvalue weighted by atomic mass is 10.2. The number of alkyl halides is 2. The number of aromatic nitrogens is 5. The van der Waals surface area contributed by atoms with E-state index in [0.29, 0.717) is 30.1 Å². The van der Waals surface area contributed by atoms with Crippen LogP contribution in [0.15, 0.2) is 65.8 Å². The molecule has 1 saturated heterocycles. The van der Waals surface area contributed by atoms with E-state index < -0.39 is 26.4 Å². The number of anilines is 1. The van der Waals surface area contributed by atoms with Crippen LogP contribution in [0, 0.1) is 0 Å². The fourth-order valence-electron chi connectivity index (χ4n) is 3.99. The Balaban J connectivity index is 1.37. The van der Waals surface area contributed by atoms with Gasteiger partial charge >= 0.3 is 5.76 Å². The van der Waals surface area contributed by atoms with E-state index in [1.54, 1.807) is 4.68 Å². The fourth-order valence-corrected chi connectivity index (χ4v) is 4.91. The highest BCUT2D eigenvalue weighted by molar-refractivity contribution is 7.91. The fraction of sp³-hybridized carbons (Fsp3) is 0.227. The van der Waals surface area contributed by atoms with Crippen molar-refractivity contribution in [2.75, 3.05) is 31.1 Å². The molecule has 0 radical (unpaired) electrons. The van der Waals surface area contributed by atoms with Gasteiger partial charge in [-0.05, 0) is 24.3 Å². The number of sulfone groups is 1. The van der Waals surface area contributed by atoms with Crippen LogP contribution < -0.4 is 4.90 Å². The lowest BCUT2D eigenvalue weighted by Crippen LogP contribution is -2.49. The quantitative estimate of drug-likeness (QED) is 0.411. The first-order valence-electron chi connectivity index (χ1n) is 10.6. The summed E-state index contributed by atoms with van der Waals surface area (Å²) in [4.78, 5) is 24.4. The molecule has 1 aliphatic rings. The molecule has 2 aromatic carbocycles. The Bertz CT molecular complexity index is 1490. The Morgan fingerprint density at radius 2 is 1.60 bits per heavy atom. The maximum atomic E-state index is 13.1. The summed E-state index contributed by atoms with van der Waals surface area (Å²) in [6.45, 7) is 1.22. The van der Waals surface area contributed by atoms with Gasteiger partial charge in [0, 0.05) is 26.2 Å². The summed E-state index contributed by atoms with van der Waals surface area (Å²) >= 11 is 0. The summed E-state index contributed by atoms with van der Waals surface area (Å²) in [6.07, 6.45) is 1.42. The summed E-state index contributed by atoms with van der Waals surface area (Å²) in [5.41, 5.74) is 1.57. The molecular weight excluding hydrogens is 480 g/mol. The number of benzene rings is 2. The van der Waals surface area contributed by atoms with E-state index in [1.807, 2.05) is 35.2 Å². The Labute approximate surface area is 198 Å². The average Bonchev–Trinajstić information content (AvgIpc) is 3.33. The van der Waals surface area contributed by atoms with Crippen LogP contribution in [0.5, 0.6) is 0 Å². The van der Waals surface area contributed by atoms with Crippen LogP contribution in [0.1, 0.15) is 10.4 Å². The van der Waals surface area contributed by atoms with E-state index in [-0.39, 0.29) is 18.7 Å². The van der Waals surface area contributed by atoms with E-state index in [4.69, 9.17) is 0 Å². The van der Waals surface area contributed by atoms with Crippen LogP contribution in [-0.4, -0.2) is 76.1 Å². The molecular formula is C22H19F2N7O3S. The van der Waals surface area contributed by atoms with E-state index >= 15 is 0 Å². The number of amides is 1. The topological polar surface area (TPSA) is 114 Å². The summed E-state index contributed by atoms with van der Waals surface area (Å²) < 4.78 is 51.9. The van der Waals surface area contributed by atoms with Crippen molar-refractivity contribution in [1.82, 2.24) is 29.9 Å². The first-order valence-corrected chi connectivity index (χ1v) is 12.2. The highest BCUT2D eigenvalue weighted by Gasteiger charge is 2.33. The lowest BCUT2D eigenvalue weighted by molar-refractivity contribution is 0.0742. The van der Waals surface area contributed by atoms with Crippen molar-refractivity contribution in [1.29, 1.82) is 0 Å². The first-order chi connectivity index (χ1) is 16.9. The van der Waals surface area contributed by atoms with Crippen molar-refractivity contribution >= 4 is 32.7 Å². The van der Waals surface area contributed by atoms with E-state index in [9.17, 15) is 22.0 Å². The van der Waals surface area contributed by atoms with Crippen LogP contribution >= 0.6 is 0 Å². The number of fused-ring (bicyclic) bond motifs is 1. The molecule has 2 aromatic heterocycles. The van der Waals surface area contributed by atoms with Gasteiger partial charge in [0.05, 0.1) is 16.1 Å². The number of hydrogen-bond donors (Lipinski definition) is 0. The van der Waals surface area contributed by atoms with Gasteiger partial charge in [-0.15, -0.1) is 5.10 Å². The van der Waals surface area contributed by atoms with E-state index in [0.717, 1.165) is 11.8 Å². The Morgan fingerprint density at radius 1 is 0.914 bits per heavy atom. The van der Waals surface area contributed by atoms with Gasteiger partial charge in [0.15, 0.2) is 17.0 Å². The number of nitrogens with zero attached hydrogens (tertiary/aromatic N) is 7. The predicted octanol–water partition coefficient (Wildman–Crippen LogP) is 2.17. The highest BCUT2D eigenvalue weighted by atomic mass is 32.2. The van der Waals surface area contributed by atoms with Gasteiger partial charge in [-0.3, -0.25) is 4.79 Å². The van der Waals surface area contributed by atoms with Crippen molar-refractivity contribution in [3.05, 3.63) is 66.5 Å². The van der Waals surface area contributed by atoms with Gasteiger partial charge in [0.25, 0.3) is 5.91 Å². The first kappa shape index (κ1) is 22.8. The number of rotatable bonds is 5. The molecule has 35 heavy (non-hydrogen) atoms. The number of hydrogen-bond acceptors (Lipinski definition) is 8. The summed E-state index contributed by atoms with van der Waals surface area (Å²) in [5, 5.41) is 8.46. The van der Waals surface area contributed by atoms with Gasteiger partial charge in [-0.1, -0.05) is 35.5 Å². The maximum absolute atomic E-state index is 13.1. The molecule has 0 saturated carbocycles. The third-order valence-electron chi connectivity index (χ3n) is 5.74. The molecule has 0 bridgehead atoms. The van der Waals surface area contributed by atoms with Gasteiger partial charge in [0.2, 0.25) is 9.84 Å². The smallest absolute Gasteiger partial charge is 0.341 e. The van der Waals surface area contributed by atoms with E-state index in [2.05, 4.69) is 20.3 Å². The van der Waals surface area contributed by atoms with Crippen molar-refractivity contribution in [2.24, 2.45) is 0 Å². The second-order valence-corrected chi connectivity index (χ2v) is 9.67. The minimum Gasteiger partial charge on any atom is -0.351 e. The monoisotopic (exact) mass is 499 g/mol. The molecule has 0 unspecified atom stereocenters. The normalized spacial score (nSPS) is 14.6. The molecule has 0 atom stereocenters. The van der Waals surface area contributed by atoms with Crippen LogP contribution in [-0.2, 0) is 9.84 Å². The van der Waals surface area contributed by atoms with Gasteiger partial charge in [0.1, 0.15) is 6.33 Å². The number of para-hydroxylation sites is 1. The average molecular weight is 500 g/mol. The van der Waals surface area contributed by atoms with Gasteiger partial charge in [-0.25, -0.2) is 18.4 Å². The molecule has 180 valence electrons. The molecule has 1 amide bonds. The number of halogens is 2. The van der Waals surface area contributed by atoms with Crippen LogP contribution in [0.25, 0.3) is 16.9 Å². The number of piperazine rings is 1. The van der Waals surface area contributed by atoms with Crippen LogP contribution in [0.2, 0.25) is 0 Å². The molecule has 0 aliphatic carbocycles. The van der Waals surface area contributed by atoms with Crippen molar-refractivity contribution in [3.63, 3.8) is 0 Å². The van der Waals surface area contributed by atoms with Crippen molar-refractivity contribution in [2.45, 2.75) is 10.7 Å². The zero-order valence-electron chi connectivity index (χ0n) is 18.2. The van der Waals surface area contributed by atoms with Crippen molar-refractivity contribution in [3.8, 4) is 5.69 Å². The minimum absolute atomic E-state index is 0.236. The molecule has 0 N–H and O–H groups in total. The summed E-state index contributed by atoms with van der Waals surface area (Å²) in [7, 11) is -4.92. The van der Waals surface area contributed by atoms with E-state index in [1.165, 1.54) is 29.4 Å². The lowest BCUT2D eigenvalue weighted by Gasteiger charge is -2.35. The van der Waals surface area contributed by atoms with Crippen molar-refractivity contribution < 1.29 is 22.0 Å². The highest BCUT2D eigenvalue weighted by Crippen LogP contribution is 2.26. The molecule has 1 fully saturated rings. The second kappa shape index (κ2) is 8.98. The standard InChI is InChI=1S/C22H19F2N7O3S/c23-22(24)35(33,34)17-9-5-4-8-16(17)21(32)30-12-10-29(11-13-30)19-18-20(26-14-25-19)31(28-27-18)15-6-2-1-3-7-15/h1-9,14,22H,10-13H2. The predicted molar refractivity (Wildman–Crippen MR) is 122 cm³/mol. The molecule has 1 aliphatic heterocycles. The number of carbonyl (C=O) groups is 1. The molecule has 10 nitrogen and oxygen atoms in total. The van der Waals surface area contributed by atoms with Gasteiger partial charge < -0.3 is 9.80 Å². The Hall–Kier alpha value is -4.00. The summed E-state index contributed by atoms with van der Waals surface area (Å²) in [5.74, 6) is -3.67.